The highest BCUT2D eigenvalue weighted by molar-refractivity contribution is 7.22. The van der Waals surface area contributed by atoms with Gasteiger partial charge in [0.05, 0.1) is 16.8 Å². The summed E-state index contributed by atoms with van der Waals surface area (Å²) in [6.07, 6.45) is 0. The number of thiazole rings is 1. The maximum absolute atomic E-state index is 11.4. The molecule has 2 amide bonds. The van der Waals surface area contributed by atoms with Crippen molar-refractivity contribution in [2.45, 2.75) is 6.92 Å². The summed E-state index contributed by atoms with van der Waals surface area (Å²) in [6, 6.07) is 5.43. The normalized spacial score (nSPS) is 10.4. The Kier molecular flexibility index (Phi) is 4.08. The van der Waals surface area contributed by atoms with Crippen molar-refractivity contribution in [2.24, 2.45) is 0 Å². The fourth-order valence-corrected chi connectivity index (χ4v) is 2.50. The lowest BCUT2D eigenvalue weighted by Gasteiger charge is -1.99. The number of carbonyl (C=O) groups is 2. The van der Waals surface area contributed by atoms with Gasteiger partial charge in [-0.25, -0.2) is 4.98 Å². The summed E-state index contributed by atoms with van der Waals surface area (Å²) in [6.45, 7) is 1.70. The number of benzene rings is 1. The molecule has 1 heterocycles. The molecule has 19 heavy (non-hydrogen) atoms. The van der Waals surface area contributed by atoms with Gasteiger partial charge in [0, 0.05) is 12.6 Å². The summed E-state index contributed by atoms with van der Waals surface area (Å²) in [7, 11) is 1.71. The van der Waals surface area contributed by atoms with Gasteiger partial charge in [0.2, 0.25) is 11.8 Å². The molecule has 0 unspecified atom stereocenters. The minimum absolute atomic E-state index is 0.119. The smallest absolute Gasteiger partial charge is 0.240 e. The second kappa shape index (κ2) is 5.77. The fourth-order valence-electron chi connectivity index (χ4n) is 1.58. The monoisotopic (exact) mass is 278 g/mol. The van der Waals surface area contributed by atoms with Crippen molar-refractivity contribution in [2.75, 3.05) is 24.2 Å². The van der Waals surface area contributed by atoms with E-state index in [9.17, 15) is 9.59 Å². The van der Waals surface area contributed by atoms with Crippen LogP contribution >= 0.6 is 11.3 Å². The zero-order chi connectivity index (χ0) is 13.8. The predicted molar refractivity (Wildman–Crippen MR) is 76.5 cm³/mol. The quantitative estimate of drug-likeness (QED) is 0.789. The lowest BCUT2D eigenvalue weighted by Crippen LogP contribution is -2.24. The highest BCUT2D eigenvalue weighted by Crippen LogP contribution is 2.28. The van der Waals surface area contributed by atoms with Gasteiger partial charge < -0.3 is 16.0 Å². The van der Waals surface area contributed by atoms with E-state index in [0.717, 1.165) is 15.9 Å². The number of aromatic nitrogens is 1. The molecule has 2 aromatic rings. The van der Waals surface area contributed by atoms with Gasteiger partial charge in [-0.1, -0.05) is 11.3 Å². The summed E-state index contributed by atoms with van der Waals surface area (Å²) in [5.74, 6) is -0.255. The molecular weight excluding hydrogens is 264 g/mol. The van der Waals surface area contributed by atoms with E-state index < -0.39 is 0 Å². The Hall–Kier alpha value is -1.99. The number of hydrogen-bond donors (Lipinski definition) is 3. The zero-order valence-corrected chi connectivity index (χ0v) is 11.4. The average Bonchev–Trinajstić information content (AvgIpc) is 2.69. The van der Waals surface area contributed by atoms with Crippen LogP contribution in [0.5, 0.6) is 0 Å². The molecule has 0 radical (unpaired) electrons. The number of likely N-dealkylation sites (N-methyl/N-ethyl adjacent to an activating group) is 1. The summed E-state index contributed by atoms with van der Waals surface area (Å²) < 4.78 is 0.908. The van der Waals surface area contributed by atoms with Crippen LogP contribution < -0.4 is 16.0 Å². The first kappa shape index (κ1) is 13.4. The van der Waals surface area contributed by atoms with E-state index in [1.807, 2.05) is 12.1 Å². The van der Waals surface area contributed by atoms with Crippen LogP contribution in [0.25, 0.3) is 10.2 Å². The summed E-state index contributed by atoms with van der Waals surface area (Å²) in [5, 5.41) is 8.74. The summed E-state index contributed by atoms with van der Waals surface area (Å²) in [5.41, 5.74) is 1.51. The Morgan fingerprint density at radius 2 is 2.11 bits per heavy atom. The molecule has 3 N–H and O–H groups in total. The van der Waals surface area contributed by atoms with E-state index in [2.05, 4.69) is 20.9 Å². The molecule has 0 aliphatic heterocycles. The van der Waals surface area contributed by atoms with Gasteiger partial charge in [-0.05, 0) is 25.2 Å². The SMILES string of the molecule is CNCC(=O)Nc1nc2ccc(NC(C)=O)cc2s1. The molecule has 0 aliphatic rings. The van der Waals surface area contributed by atoms with Gasteiger partial charge >= 0.3 is 0 Å². The van der Waals surface area contributed by atoms with E-state index in [4.69, 9.17) is 0 Å². The van der Waals surface area contributed by atoms with Gasteiger partial charge in [-0.3, -0.25) is 9.59 Å². The number of fused-ring (bicyclic) bond motifs is 1. The summed E-state index contributed by atoms with van der Waals surface area (Å²) in [4.78, 5) is 26.7. The van der Waals surface area contributed by atoms with Crippen LogP contribution in [-0.4, -0.2) is 30.4 Å². The Balaban J connectivity index is 2.20. The van der Waals surface area contributed by atoms with Crippen LogP contribution in [0.1, 0.15) is 6.92 Å². The van der Waals surface area contributed by atoms with E-state index >= 15 is 0 Å². The minimum atomic E-state index is -0.136. The first-order chi connectivity index (χ1) is 9.08. The number of nitrogens with one attached hydrogen (secondary N) is 3. The van der Waals surface area contributed by atoms with E-state index in [-0.39, 0.29) is 18.4 Å². The van der Waals surface area contributed by atoms with Crippen molar-refractivity contribution in [1.82, 2.24) is 10.3 Å². The fraction of sp³-hybridized carbons (Fsp3) is 0.250. The maximum atomic E-state index is 11.4. The molecular formula is C12H14N4O2S. The standard InChI is InChI=1S/C12H14N4O2S/c1-7(17)14-8-3-4-9-10(5-8)19-12(15-9)16-11(18)6-13-2/h3-5,13H,6H2,1-2H3,(H,14,17)(H,15,16,18). The molecule has 100 valence electrons. The van der Waals surface area contributed by atoms with Crippen LogP contribution in [-0.2, 0) is 9.59 Å². The lowest BCUT2D eigenvalue weighted by molar-refractivity contribution is -0.115. The van der Waals surface area contributed by atoms with Gasteiger partial charge in [-0.2, -0.15) is 0 Å². The molecule has 0 bridgehead atoms. The van der Waals surface area contributed by atoms with Crippen molar-refractivity contribution in [3.05, 3.63) is 18.2 Å². The third kappa shape index (κ3) is 3.49. The topological polar surface area (TPSA) is 83.1 Å². The zero-order valence-electron chi connectivity index (χ0n) is 10.6. The number of carbonyl (C=O) groups excluding carboxylic acids is 2. The Labute approximate surface area is 114 Å². The molecule has 0 spiro atoms. The molecule has 7 heteroatoms. The van der Waals surface area contributed by atoms with Gasteiger partial charge in [0.15, 0.2) is 5.13 Å². The first-order valence-electron chi connectivity index (χ1n) is 5.71. The molecule has 6 nitrogen and oxygen atoms in total. The highest BCUT2D eigenvalue weighted by atomic mass is 32.1. The van der Waals surface area contributed by atoms with Crippen LogP contribution in [0.15, 0.2) is 18.2 Å². The molecule has 0 saturated heterocycles. The van der Waals surface area contributed by atoms with Crippen LogP contribution in [0, 0.1) is 0 Å². The molecule has 1 aromatic carbocycles. The number of rotatable bonds is 4. The third-order valence-corrected chi connectivity index (χ3v) is 3.23. The van der Waals surface area contributed by atoms with E-state index in [0.29, 0.717) is 5.13 Å². The maximum Gasteiger partial charge on any atom is 0.240 e. The number of nitrogens with zero attached hydrogens (tertiary/aromatic N) is 1. The largest absolute Gasteiger partial charge is 0.326 e. The molecule has 0 fully saturated rings. The molecule has 0 atom stereocenters. The molecule has 1 aromatic heterocycles. The van der Waals surface area contributed by atoms with Crippen LogP contribution in [0.3, 0.4) is 0 Å². The van der Waals surface area contributed by atoms with Crippen molar-refractivity contribution >= 4 is 44.2 Å². The van der Waals surface area contributed by atoms with Crippen molar-refractivity contribution < 1.29 is 9.59 Å². The van der Waals surface area contributed by atoms with Gasteiger partial charge in [0.1, 0.15) is 0 Å². The van der Waals surface area contributed by atoms with Gasteiger partial charge in [0.25, 0.3) is 0 Å². The third-order valence-electron chi connectivity index (χ3n) is 2.29. The lowest BCUT2D eigenvalue weighted by atomic mass is 10.3. The van der Waals surface area contributed by atoms with Gasteiger partial charge in [-0.15, -0.1) is 0 Å². The number of anilines is 2. The molecule has 2 rings (SSSR count). The van der Waals surface area contributed by atoms with Crippen LogP contribution in [0.4, 0.5) is 10.8 Å². The Bertz CT molecular complexity index is 623. The van der Waals surface area contributed by atoms with E-state index in [1.165, 1.54) is 18.3 Å². The number of amides is 2. The Morgan fingerprint density at radius 3 is 2.79 bits per heavy atom. The molecule has 0 saturated carbocycles. The minimum Gasteiger partial charge on any atom is -0.326 e. The van der Waals surface area contributed by atoms with Crippen molar-refractivity contribution in [3.63, 3.8) is 0 Å². The summed E-state index contributed by atoms with van der Waals surface area (Å²) >= 11 is 1.37. The molecule has 0 aliphatic carbocycles. The van der Waals surface area contributed by atoms with E-state index in [1.54, 1.807) is 13.1 Å². The van der Waals surface area contributed by atoms with Crippen LogP contribution in [0.2, 0.25) is 0 Å². The van der Waals surface area contributed by atoms with Crippen molar-refractivity contribution in [3.8, 4) is 0 Å². The second-order valence-electron chi connectivity index (χ2n) is 3.96. The average molecular weight is 278 g/mol. The second-order valence-corrected chi connectivity index (χ2v) is 4.99. The van der Waals surface area contributed by atoms with Crippen molar-refractivity contribution in [1.29, 1.82) is 0 Å². The predicted octanol–water partition coefficient (Wildman–Crippen LogP) is 1.41. The Morgan fingerprint density at radius 1 is 1.32 bits per heavy atom. The highest BCUT2D eigenvalue weighted by Gasteiger charge is 2.08. The first-order valence-corrected chi connectivity index (χ1v) is 6.53. The number of hydrogen-bond acceptors (Lipinski definition) is 5.